The van der Waals surface area contributed by atoms with Crippen LogP contribution in [0.15, 0.2) is 18.2 Å². The summed E-state index contributed by atoms with van der Waals surface area (Å²) in [6.45, 7) is 2.52. The van der Waals surface area contributed by atoms with Crippen LogP contribution in [-0.4, -0.2) is 31.8 Å². The first-order valence-electron chi connectivity index (χ1n) is 6.46. The van der Waals surface area contributed by atoms with Crippen LogP contribution < -0.4 is 10.6 Å². The first-order valence-corrected chi connectivity index (χ1v) is 6.87. The van der Waals surface area contributed by atoms with E-state index in [1.165, 1.54) is 6.07 Å². The Morgan fingerprint density at radius 1 is 1.58 bits per heavy atom. The molecule has 1 aromatic carbocycles. The second-order valence-corrected chi connectivity index (χ2v) is 5.43. The van der Waals surface area contributed by atoms with Gasteiger partial charge < -0.3 is 15.4 Å². The summed E-state index contributed by atoms with van der Waals surface area (Å²) in [6.07, 6.45) is 2.27. The maximum absolute atomic E-state index is 13.8. The molecular weight excluding hydrogens is 263 g/mol. The fourth-order valence-corrected chi connectivity index (χ4v) is 2.55. The fourth-order valence-electron chi connectivity index (χ4n) is 2.39. The van der Waals surface area contributed by atoms with E-state index in [0.717, 1.165) is 38.3 Å². The van der Waals surface area contributed by atoms with Gasteiger partial charge in [0.05, 0.1) is 6.61 Å². The highest BCUT2D eigenvalue weighted by Gasteiger charge is 2.17. The van der Waals surface area contributed by atoms with E-state index in [1.807, 2.05) is 18.0 Å². The van der Waals surface area contributed by atoms with Crippen molar-refractivity contribution in [1.29, 1.82) is 0 Å². The van der Waals surface area contributed by atoms with Gasteiger partial charge in [-0.05, 0) is 37.0 Å². The number of hydrogen-bond acceptors (Lipinski definition) is 3. The van der Waals surface area contributed by atoms with Crippen LogP contribution in [0.5, 0.6) is 0 Å². The predicted molar refractivity (Wildman–Crippen MR) is 79.1 cm³/mol. The molecule has 1 atom stereocenters. The van der Waals surface area contributed by atoms with Crippen molar-refractivity contribution in [3.05, 3.63) is 29.6 Å². The van der Waals surface area contributed by atoms with Crippen LogP contribution in [0.3, 0.4) is 0 Å². The number of hydrogen-bond donors (Lipinski definition) is 1. The zero-order chi connectivity index (χ0) is 13.8. The molecule has 3 nitrogen and oxygen atoms in total. The summed E-state index contributed by atoms with van der Waals surface area (Å²) in [5, 5.41) is 0. The Bertz CT molecular complexity index is 461. The van der Waals surface area contributed by atoms with Gasteiger partial charge in [-0.3, -0.25) is 0 Å². The smallest absolute Gasteiger partial charge is 0.135 e. The molecular formula is C14H19FN2OS. The van der Waals surface area contributed by atoms with Crippen molar-refractivity contribution < 1.29 is 9.13 Å². The van der Waals surface area contributed by atoms with Crippen molar-refractivity contribution in [2.75, 3.05) is 31.7 Å². The summed E-state index contributed by atoms with van der Waals surface area (Å²) in [7, 11) is 1.96. The molecule has 0 aliphatic carbocycles. The van der Waals surface area contributed by atoms with Crippen molar-refractivity contribution in [2.45, 2.75) is 12.8 Å². The molecule has 1 fully saturated rings. The van der Waals surface area contributed by atoms with Gasteiger partial charge in [-0.25, -0.2) is 4.39 Å². The van der Waals surface area contributed by atoms with Crippen LogP contribution >= 0.6 is 12.2 Å². The maximum Gasteiger partial charge on any atom is 0.135 e. The van der Waals surface area contributed by atoms with Crippen LogP contribution in [0.2, 0.25) is 0 Å². The summed E-state index contributed by atoms with van der Waals surface area (Å²) in [5.74, 6) is 0.147. The highest BCUT2D eigenvalue weighted by atomic mass is 32.1. The summed E-state index contributed by atoms with van der Waals surface area (Å²) >= 11 is 4.80. The first-order chi connectivity index (χ1) is 9.08. The number of ether oxygens (including phenoxy) is 1. The Hall–Kier alpha value is -1.20. The standard InChI is InChI=1S/C14H19FN2OS/c1-17(8-10-3-2-6-18-9-10)11-4-5-12(14(16)19)13(15)7-11/h4-5,7,10H,2-3,6,8-9H2,1H3,(H2,16,19). The number of nitrogens with zero attached hydrogens (tertiary/aromatic N) is 1. The predicted octanol–water partition coefficient (Wildman–Crippen LogP) is 2.32. The SMILES string of the molecule is CN(CC1CCCOC1)c1ccc(C(N)=S)c(F)c1. The molecule has 19 heavy (non-hydrogen) atoms. The van der Waals surface area contributed by atoms with E-state index in [-0.39, 0.29) is 10.8 Å². The highest BCUT2D eigenvalue weighted by molar-refractivity contribution is 7.80. The molecule has 1 aliphatic rings. The number of anilines is 1. The Morgan fingerprint density at radius 3 is 2.95 bits per heavy atom. The van der Waals surface area contributed by atoms with Crippen LogP contribution in [0, 0.1) is 11.7 Å². The Balaban J connectivity index is 2.04. The lowest BCUT2D eigenvalue weighted by Crippen LogP contribution is -2.31. The number of rotatable bonds is 4. The molecule has 104 valence electrons. The molecule has 0 amide bonds. The molecule has 2 N–H and O–H groups in total. The van der Waals surface area contributed by atoms with Crippen LogP contribution in [0.1, 0.15) is 18.4 Å². The largest absolute Gasteiger partial charge is 0.389 e. The minimum atomic E-state index is -0.364. The molecule has 2 rings (SSSR count). The Kier molecular flexibility index (Phi) is 4.71. The van der Waals surface area contributed by atoms with Crippen molar-refractivity contribution in [3.8, 4) is 0 Å². The number of thiocarbonyl (C=S) groups is 1. The van der Waals surface area contributed by atoms with Crippen molar-refractivity contribution >= 4 is 22.9 Å². The average Bonchev–Trinajstić information content (AvgIpc) is 2.39. The summed E-state index contributed by atoms with van der Waals surface area (Å²) in [5.41, 5.74) is 6.59. The van der Waals surface area contributed by atoms with Gasteiger partial charge in [-0.2, -0.15) is 0 Å². The molecule has 1 unspecified atom stereocenters. The summed E-state index contributed by atoms with van der Waals surface area (Å²) in [4.78, 5) is 2.14. The average molecular weight is 282 g/mol. The zero-order valence-corrected chi connectivity index (χ0v) is 11.9. The second-order valence-electron chi connectivity index (χ2n) is 4.99. The normalized spacial score (nSPS) is 19.2. The number of benzene rings is 1. The molecule has 1 aromatic rings. The molecule has 0 bridgehead atoms. The molecule has 1 heterocycles. The Morgan fingerprint density at radius 2 is 2.37 bits per heavy atom. The quantitative estimate of drug-likeness (QED) is 0.860. The molecule has 5 heteroatoms. The zero-order valence-electron chi connectivity index (χ0n) is 11.1. The van der Waals surface area contributed by atoms with Crippen molar-refractivity contribution in [3.63, 3.8) is 0 Å². The van der Waals surface area contributed by atoms with Crippen LogP contribution in [-0.2, 0) is 4.74 Å². The van der Waals surface area contributed by atoms with Gasteiger partial charge in [0.2, 0.25) is 0 Å². The molecule has 0 spiro atoms. The number of halogens is 1. The van der Waals surface area contributed by atoms with Gasteiger partial charge >= 0.3 is 0 Å². The van der Waals surface area contributed by atoms with E-state index in [4.69, 9.17) is 22.7 Å². The van der Waals surface area contributed by atoms with E-state index in [2.05, 4.69) is 0 Å². The van der Waals surface area contributed by atoms with E-state index in [1.54, 1.807) is 6.07 Å². The van der Waals surface area contributed by atoms with E-state index in [9.17, 15) is 4.39 Å². The maximum atomic E-state index is 13.8. The highest BCUT2D eigenvalue weighted by Crippen LogP contribution is 2.21. The van der Waals surface area contributed by atoms with Crippen LogP contribution in [0.25, 0.3) is 0 Å². The van der Waals surface area contributed by atoms with Crippen molar-refractivity contribution in [2.24, 2.45) is 11.7 Å². The van der Waals surface area contributed by atoms with Gasteiger partial charge in [-0.1, -0.05) is 12.2 Å². The van der Waals surface area contributed by atoms with Gasteiger partial charge in [-0.15, -0.1) is 0 Å². The lowest BCUT2D eigenvalue weighted by molar-refractivity contribution is 0.0576. The minimum Gasteiger partial charge on any atom is -0.389 e. The Labute approximate surface area is 118 Å². The van der Waals surface area contributed by atoms with E-state index in [0.29, 0.717) is 11.5 Å². The molecule has 0 radical (unpaired) electrons. The molecule has 1 saturated heterocycles. The monoisotopic (exact) mass is 282 g/mol. The summed E-state index contributed by atoms with van der Waals surface area (Å²) in [6, 6.07) is 4.97. The van der Waals surface area contributed by atoms with Gasteiger partial charge in [0.1, 0.15) is 10.8 Å². The first kappa shape index (κ1) is 14.2. The van der Waals surface area contributed by atoms with Crippen LogP contribution in [0.4, 0.5) is 10.1 Å². The van der Waals surface area contributed by atoms with Gasteiger partial charge in [0, 0.05) is 31.5 Å². The fraction of sp³-hybridized carbons (Fsp3) is 0.500. The number of nitrogens with two attached hydrogens (primary N) is 1. The van der Waals surface area contributed by atoms with E-state index < -0.39 is 0 Å². The van der Waals surface area contributed by atoms with E-state index >= 15 is 0 Å². The third-order valence-corrected chi connectivity index (χ3v) is 3.67. The third kappa shape index (κ3) is 3.64. The molecule has 0 saturated carbocycles. The lowest BCUT2D eigenvalue weighted by Gasteiger charge is -2.28. The van der Waals surface area contributed by atoms with Gasteiger partial charge in [0.15, 0.2) is 0 Å². The molecule has 0 aromatic heterocycles. The molecule has 1 aliphatic heterocycles. The topological polar surface area (TPSA) is 38.5 Å². The summed E-state index contributed by atoms with van der Waals surface area (Å²) < 4.78 is 19.3. The minimum absolute atomic E-state index is 0.0902. The lowest BCUT2D eigenvalue weighted by atomic mass is 10.0. The third-order valence-electron chi connectivity index (χ3n) is 3.45. The van der Waals surface area contributed by atoms with Gasteiger partial charge in [0.25, 0.3) is 0 Å². The second kappa shape index (κ2) is 6.30. The van der Waals surface area contributed by atoms with Crippen molar-refractivity contribution in [1.82, 2.24) is 0 Å².